The molecule has 1 unspecified atom stereocenters. The van der Waals surface area contributed by atoms with E-state index in [2.05, 4.69) is 31.1 Å². The summed E-state index contributed by atoms with van der Waals surface area (Å²) in [6.45, 7) is 16.1. The van der Waals surface area contributed by atoms with E-state index in [0.717, 1.165) is 36.7 Å². The number of hydrogen-bond donors (Lipinski definition) is 2. The van der Waals surface area contributed by atoms with Gasteiger partial charge in [-0.05, 0) is 50.8 Å². The Bertz CT molecular complexity index is 802. The molecule has 1 saturated carbocycles. The van der Waals surface area contributed by atoms with Gasteiger partial charge in [0, 0.05) is 32.0 Å². The summed E-state index contributed by atoms with van der Waals surface area (Å²) in [6, 6.07) is 8.08. The van der Waals surface area contributed by atoms with E-state index in [1.54, 1.807) is 20.1 Å². The average molecular weight is 585 g/mol. The van der Waals surface area contributed by atoms with Crippen LogP contribution in [0.15, 0.2) is 48.6 Å². The van der Waals surface area contributed by atoms with Crippen LogP contribution in [0.3, 0.4) is 0 Å². The zero-order chi connectivity index (χ0) is 31.8. The van der Waals surface area contributed by atoms with Gasteiger partial charge in [0.05, 0.1) is 13.5 Å². The van der Waals surface area contributed by atoms with Crippen molar-refractivity contribution in [2.75, 3.05) is 13.7 Å². The van der Waals surface area contributed by atoms with Gasteiger partial charge in [0.1, 0.15) is 5.75 Å². The van der Waals surface area contributed by atoms with Crippen LogP contribution in [0.1, 0.15) is 86.1 Å². The molecule has 0 heterocycles. The van der Waals surface area contributed by atoms with E-state index in [1.165, 1.54) is 6.42 Å². The van der Waals surface area contributed by atoms with E-state index in [4.69, 9.17) is 4.74 Å². The Morgan fingerprint density at radius 1 is 1.12 bits per heavy atom. The molecule has 40 heavy (non-hydrogen) atoms. The number of allylic oxidation sites excluding steroid dienone is 2. The molecule has 0 spiro atoms. The monoisotopic (exact) mass is 584 g/mol. The molecule has 1 fully saturated rings. The number of carbonyl (C=O) groups excluding carboxylic acids is 1. The molecule has 4 nitrogen and oxygen atoms in total. The van der Waals surface area contributed by atoms with Crippen LogP contribution in [-0.2, 0) is 11.3 Å². The van der Waals surface area contributed by atoms with Crippen LogP contribution in [0, 0.1) is 5.92 Å². The van der Waals surface area contributed by atoms with Crippen molar-refractivity contribution >= 4 is 5.91 Å². The summed E-state index contributed by atoms with van der Waals surface area (Å²) in [5.41, 5.74) is 1.64. The quantitative estimate of drug-likeness (QED) is 0.237. The Labute approximate surface area is 237 Å². The zero-order valence-electron chi connectivity index (χ0n) is 25.4. The molecule has 2 atom stereocenters. The predicted octanol–water partition coefficient (Wildman–Crippen LogP) is 9.17. The number of ether oxygens (including phenoxy) is 1. The van der Waals surface area contributed by atoms with Gasteiger partial charge in [-0.25, -0.2) is 0 Å². The van der Waals surface area contributed by atoms with Gasteiger partial charge in [-0.1, -0.05) is 64.0 Å². The highest BCUT2D eigenvalue weighted by atomic mass is 19.4. The Balaban J connectivity index is -0.000000889. The largest absolute Gasteiger partial charge is 0.497 e. The van der Waals surface area contributed by atoms with Crippen molar-refractivity contribution in [2.24, 2.45) is 5.92 Å². The molecule has 1 aromatic rings. The lowest BCUT2D eigenvalue weighted by molar-refractivity contribution is -0.125. The number of nitrogens with one attached hydrogen (secondary N) is 2. The topological polar surface area (TPSA) is 50.4 Å². The van der Waals surface area contributed by atoms with Crippen LogP contribution in [0.2, 0.25) is 0 Å². The first-order chi connectivity index (χ1) is 18.6. The van der Waals surface area contributed by atoms with Crippen molar-refractivity contribution in [1.29, 1.82) is 0 Å². The van der Waals surface area contributed by atoms with E-state index >= 15 is 0 Å². The molecular weight excluding hydrogens is 534 g/mol. The average Bonchev–Trinajstić information content (AvgIpc) is 3.35. The van der Waals surface area contributed by atoms with Crippen LogP contribution >= 0.6 is 0 Å². The smallest absolute Gasteiger partial charge is 0.392 e. The second-order valence-electron chi connectivity index (χ2n) is 8.92. The van der Waals surface area contributed by atoms with Crippen LogP contribution < -0.4 is 15.4 Å². The molecule has 1 aliphatic rings. The fourth-order valence-corrected chi connectivity index (χ4v) is 3.18. The van der Waals surface area contributed by atoms with Crippen LogP contribution in [0.25, 0.3) is 0 Å². The summed E-state index contributed by atoms with van der Waals surface area (Å²) >= 11 is 0. The Morgan fingerprint density at radius 3 is 2.12 bits per heavy atom. The van der Waals surface area contributed by atoms with Gasteiger partial charge in [-0.15, -0.1) is 6.58 Å². The van der Waals surface area contributed by atoms with Gasteiger partial charge < -0.3 is 15.4 Å². The van der Waals surface area contributed by atoms with Gasteiger partial charge in [0.25, 0.3) is 0 Å². The molecule has 0 radical (unpaired) electrons. The number of alkyl halides is 6. The highest BCUT2D eigenvalue weighted by Gasteiger charge is 2.29. The molecule has 2 rings (SSSR count). The maximum atomic E-state index is 12.2. The summed E-state index contributed by atoms with van der Waals surface area (Å²) in [6.07, 6.45) is -2.63. The first-order valence-corrected chi connectivity index (χ1v) is 13.6. The van der Waals surface area contributed by atoms with Crippen molar-refractivity contribution in [2.45, 2.75) is 106 Å². The molecule has 0 bridgehead atoms. The van der Waals surface area contributed by atoms with E-state index in [9.17, 15) is 31.1 Å². The predicted molar refractivity (Wildman–Crippen MR) is 153 cm³/mol. The Kier molecular flexibility index (Phi) is 25.5. The van der Waals surface area contributed by atoms with E-state index in [1.807, 2.05) is 45.0 Å². The van der Waals surface area contributed by atoms with Crippen molar-refractivity contribution < 1.29 is 35.9 Å². The van der Waals surface area contributed by atoms with Gasteiger partial charge in [0.2, 0.25) is 5.91 Å². The number of hydrogen-bond acceptors (Lipinski definition) is 3. The normalized spacial score (nSPS) is 16.3. The SMILES string of the molecule is C=CC.CC.CC(F)(F)F.CCC.COc1cccc(CNC2CC[C@H](C(=O)NC/C(C)=C/CC(F)(F)F)C2)c1. The number of halogens is 6. The van der Waals surface area contributed by atoms with E-state index < -0.39 is 18.8 Å². The Hall–Kier alpha value is -2.49. The molecule has 2 N–H and O–H groups in total. The summed E-state index contributed by atoms with van der Waals surface area (Å²) in [7, 11) is 1.63. The van der Waals surface area contributed by atoms with Crippen LogP contribution in [0.5, 0.6) is 5.75 Å². The van der Waals surface area contributed by atoms with Crippen LogP contribution in [0.4, 0.5) is 26.3 Å². The standard InChI is InChI=1S/C20H27F3N2O2.C3H8.C3H6.C2H3F3.C2H6/c1-14(8-9-20(21,22)23)12-25-19(26)16-6-7-17(11-16)24-13-15-4-3-5-18(10-15)27-2;2*1-3-2;1-2(3,4)5;1-2/h3-5,8,10,16-17,24H,6-7,9,11-13H2,1-2H3,(H,25,26);3H2,1-2H3;3H,1H2,2H3;1H3;1-2H3/b14-8+;;;;/t16-,17?;;;;/m0..../s1. The minimum absolute atomic E-state index is 0.0829. The molecule has 234 valence electrons. The highest BCUT2D eigenvalue weighted by Crippen LogP contribution is 2.26. The summed E-state index contributed by atoms with van der Waals surface area (Å²) in [5.74, 6) is 0.635. The van der Waals surface area contributed by atoms with Crippen molar-refractivity contribution in [1.82, 2.24) is 10.6 Å². The lowest BCUT2D eigenvalue weighted by Gasteiger charge is -2.14. The van der Waals surface area contributed by atoms with Crippen molar-refractivity contribution in [3.63, 3.8) is 0 Å². The molecule has 1 amide bonds. The van der Waals surface area contributed by atoms with Crippen molar-refractivity contribution in [3.8, 4) is 5.75 Å². The molecular formula is C30H50F6N2O2. The second kappa shape index (κ2) is 24.3. The van der Waals surface area contributed by atoms with Gasteiger partial charge in [0.15, 0.2) is 0 Å². The third kappa shape index (κ3) is 28.5. The molecule has 1 aromatic carbocycles. The maximum absolute atomic E-state index is 12.2. The minimum Gasteiger partial charge on any atom is -0.497 e. The fraction of sp³-hybridized carbons (Fsp3) is 0.633. The van der Waals surface area contributed by atoms with Gasteiger partial charge in [-0.2, -0.15) is 26.3 Å². The highest BCUT2D eigenvalue weighted by molar-refractivity contribution is 5.79. The molecule has 0 aromatic heterocycles. The third-order valence-electron chi connectivity index (χ3n) is 4.76. The first kappa shape index (κ1) is 42.0. The molecule has 0 aliphatic heterocycles. The maximum Gasteiger partial charge on any atom is 0.392 e. The second-order valence-corrected chi connectivity index (χ2v) is 8.92. The van der Waals surface area contributed by atoms with E-state index in [0.29, 0.717) is 12.1 Å². The fourth-order valence-electron chi connectivity index (χ4n) is 3.18. The van der Waals surface area contributed by atoms with Gasteiger partial charge in [-0.3, -0.25) is 4.79 Å². The number of amides is 1. The zero-order valence-corrected chi connectivity index (χ0v) is 25.4. The van der Waals surface area contributed by atoms with Gasteiger partial charge >= 0.3 is 12.4 Å². The molecule has 0 saturated heterocycles. The number of carbonyl (C=O) groups is 1. The first-order valence-electron chi connectivity index (χ1n) is 13.6. The van der Waals surface area contributed by atoms with Crippen LogP contribution in [-0.4, -0.2) is 38.0 Å². The lowest BCUT2D eigenvalue weighted by Crippen LogP contribution is -2.32. The minimum atomic E-state index is -4.21. The lowest BCUT2D eigenvalue weighted by atomic mass is 10.1. The summed E-state index contributed by atoms with van der Waals surface area (Å²) in [4.78, 5) is 12.2. The third-order valence-corrected chi connectivity index (χ3v) is 4.76. The Morgan fingerprint density at radius 2 is 1.65 bits per heavy atom. The van der Waals surface area contributed by atoms with Crippen molar-refractivity contribution in [3.05, 3.63) is 54.1 Å². The molecule has 10 heteroatoms. The summed E-state index contributed by atoms with van der Waals surface area (Å²) in [5, 5.41) is 6.22. The molecule has 1 aliphatic carbocycles. The summed E-state index contributed by atoms with van der Waals surface area (Å²) < 4.78 is 72.9. The number of methoxy groups -OCH3 is 1. The number of benzene rings is 1. The van der Waals surface area contributed by atoms with E-state index in [-0.39, 0.29) is 31.3 Å². The number of rotatable bonds is 8.